The molecule has 3 N–H and O–H groups in total. The van der Waals surface area contributed by atoms with Crippen LogP contribution in [-0.2, 0) is 9.59 Å². The van der Waals surface area contributed by atoms with Crippen LogP contribution in [0.3, 0.4) is 0 Å². The van der Waals surface area contributed by atoms with Crippen molar-refractivity contribution >= 4 is 35.2 Å². The zero-order valence-corrected chi connectivity index (χ0v) is 16.5. The van der Waals surface area contributed by atoms with Crippen molar-refractivity contribution in [1.29, 1.82) is 0 Å². The number of benzene rings is 1. The van der Waals surface area contributed by atoms with Crippen LogP contribution in [0.4, 0.5) is 27.8 Å². The van der Waals surface area contributed by atoms with Crippen molar-refractivity contribution in [3.8, 4) is 0 Å². The van der Waals surface area contributed by atoms with Crippen LogP contribution >= 0.6 is 0 Å². The summed E-state index contributed by atoms with van der Waals surface area (Å²) in [6, 6.07) is 7.49. The normalized spacial score (nSPS) is 14.7. The molecule has 0 spiro atoms. The molecule has 3 heterocycles. The molecule has 1 saturated heterocycles. The van der Waals surface area contributed by atoms with Crippen LogP contribution in [0.15, 0.2) is 48.9 Å². The van der Waals surface area contributed by atoms with Crippen molar-refractivity contribution in [1.82, 2.24) is 25.3 Å². The van der Waals surface area contributed by atoms with Crippen molar-refractivity contribution in [3.05, 3.63) is 60.3 Å². The Morgan fingerprint density at radius 1 is 1.06 bits per heavy atom. The van der Waals surface area contributed by atoms with E-state index in [2.05, 4.69) is 35.9 Å². The molecule has 0 radical (unpaired) electrons. The molecule has 0 saturated carbocycles. The molecule has 11 heteroatoms. The molecule has 31 heavy (non-hydrogen) atoms. The summed E-state index contributed by atoms with van der Waals surface area (Å²) >= 11 is 0. The first kappa shape index (κ1) is 20.1. The van der Waals surface area contributed by atoms with Crippen LogP contribution in [0.5, 0.6) is 0 Å². The molecule has 0 bridgehead atoms. The van der Waals surface area contributed by atoms with E-state index in [0.29, 0.717) is 17.5 Å². The van der Waals surface area contributed by atoms with E-state index in [4.69, 9.17) is 0 Å². The first-order valence-corrected chi connectivity index (χ1v) is 9.48. The highest BCUT2D eigenvalue weighted by atomic mass is 19.1. The van der Waals surface area contributed by atoms with Crippen LogP contribution in [0, 0.1) is 5.82 Å². The minimum atomic E-state index is -0.410. The second-order valence-corrected chi connectivity index (χ2v) is 6.90. The number of carbonyl (C=O) groups is 2. The predicted molar refractivity (Wildman–Crippen MR) is 111 cm³/mol. The van der Waals surface area contributed by atoms with Crippen molar-refractivity contribution < 1.29 is 14.0 Å². The Hall–Kier alpha value is -4.15. The second kappa shape index (κ2) is 8.69. The molecule has 2 aromatic heterocycles. The van der Waals surface area contributed by atoms with Gasteiger partial charge in [-0.3, -0.25) is 19.9 Å². The quantitative estimate of drug-likeness (QED) is 0.510. The lowest BCUT2D eigenvalue weighted by atomic mass is 10.1. The summed E-state index contributed by atoms with van der Waals surface area (Å²) in [6.45, 7) is 1.86. The summed E-state index contributed by atoms with van der Waals surface area (Å²) in [5.41, 5.74) is 0.839. The third-order valence-electron chi connectivity index (χ3n) is 4.52. The third-order valence-corrected chi connectivity index (χ3v) is 4.52. The molecule has 1 aromatic carbocycles. The van der Waals surface area contributed by atoms with E-state index in [0.717, 1.165) is 5.56 Å². The average molecular weight is 422 g/mol. The number of hydrogen-bond acceptors (Lipinski definition) is 9. The summed E-state index contributed by atoms with van der Waals surface area (Å²) in [7, 11) is 0. The van der Waals surface area contributed by atoms with Crippen molar-refractivity contribution in [2.45, 2.75) is 13.0 Å². The number of anilines is 4. The minimum absolute atomic E-state index is 0.0136. The van der Waals surface area contributed by atoms with Gasteiger partial charge in [0.15, 0.2) is 0 Å². The molecule has 1 aliphatic rings. The van der Waals surface area contributed by atoms with Gasteiger partial charge < -0.3 is 15.5 Å². The van der Waals surface area contributed by atoms with Crippen LogP contribution in [-0.4, -0.2) is 44.8 Å². The first-order valence-electron chi connectivity index (χ1n) is 9.48. The van der Waals surface area contributed by atoms with Crippen LogP contribution in [0.1, 0.15) is 18.5 Å². The number of imide groups is 1. The zero-order chi connectivity index (χ0) is 21.8. The van der Waals surface area contributed by atoms with E-state index < -0.39 is 11.8 Å². The van der Waals surface area contributed by atoms with Gasteiger partial charge in [0, 0.05) is 18.5 Å². The summed E-state index contributed by atoms with van der Waals surface area (Å²) in [5.74, 6) is 0.380. The van der Waals surface area contributed by atoms with Gasteiger partial charge in [-0.25, -0.2) is 9.37 Å². The van der Waals surface area contributed by atoms with Gasteiger partial charge in [-0.2, -0.15) is 9.97 Å². The Kier molecular flexibility index (Phi) is 5.65. The number of carbonyl (C=O) groups excluding carboxylic acids is 2. The number of halogens is 1. The van der Waals surface area contributed by atoms with Crippen LogP contribution in [0.25, 0.3) is 0 Å². The highest BCUT2D eigenvalue weighted by molar-refractivity contribution is 6.02. The maximum absolute atomic E-state index is 13.2. The number of aromatic nitrogens is 4. The maximum atomic E-state index is 13.2. The molecule has 3 aromatic rings. The SMILES string of the molecule is CC(Nc1nc(Nc2cnccn2)cc(N2CC(=O)NC(=O)C2)n1)c1ccc(F)cc1. The van der Waals surface area contributed by atoms with Gasteiger partial charge in [-0.05, 0) is 24.6 Å². The summed E-state index contributed by atoms with van der Waals surface area (Å²) in [4.78, 5) is 42.3. The topological polar surface area (TPSA) is 125 Å². The Labute approximate surface area is 177 Å². The lowest BCUT2D eigenvalue weighted by molar-refractivity contribution is -0.130. The van der Waals surface area contributed by atoms with E-state index in [1.165, 1.54) is 24.5 Å². The van der Waals surface area contributed by atoms with Gasteiger partial charge in [0.2, 0.25) is 17.8 Å². The summed E-state index contributed by atoms with van der Waals surface area (Å²) in [5, 5.41) is 8.48. The molecule has 158 valence electrons. The Balaban J connectivity index is 1.64. The lowest BCUT2D eigenvalue weighted by Gasteiger charge is -2.27. The molecular formula is C20H19FN8O2. The highest BCUT2D eigenvalue weighted by Crippen LogP contribution is 2.24. The van der Waals surface area contributed by atoms with Crippen molar-refractivity contribution in [2.75, 3.05) is 28.6 Å². The third kappa shape index (κ3) is 5.07. The van der Waals surface area contributed by atoms with Gasteiger partial charge in [0.05, 0.1) is 25.3 Å². The van der Waals surface area contributed by atoms with E-state index in [-0.39, 0.29) is 30.9 Å². The number of amides is 2. The molecule has 4 rings (SSSR count). The van der Waals surface area contributed by atoms with E-state index in [1.807, 2.05) is 6.92 Å². The van der Waals surface area contributed by atoms with Gasteiger partial charge in [-0.1, -0.05) is 12.1 Å². The maximum Gasteiger partial charge on any atom is 0.246 e. The Morgan fingerprint density at radius 2 is 1.81 bits per heavy atom. The smallest absolute Gasteiger partial charge is 0.246 e. The van der Waals surface area contributed by atoms with Gasteiger partial charge in [-0.15, -0.1) is 0 Å². The minimum Gasteiger partial charge on any atom is -0.348 e. The van der Waals surface area contributed by atoms with Crippen molar-refractivity contribution in [2.24, 2.45) is 0 Å². The van der Waals surface area contributed by atoms with Crippen LogP contribution in [0.2, 0.25) is 0 Å². The predicted octanol–water partition coefficient (Wildman–Crippen LogP) is 1.79. The van der Waals surface area contributed by atoms with Gasteiger partial charge in [0.1, 0.15) is 23.3 Å². The summed E-state index contributed by atoms with van der Waals surface area (Å²) < 4.78 is 13.2. The first-order chi connectivity index (χ1) is 15.0. The van der Waals surface area contributed by atoms with Gasteiger partial charge >= 0.3 is 0 Å². The number of nitrogens with one attached hydrogen (secondary N) is 3. The summed E-state index contributed by atoms with van der Waals surface area (Å²) in [6.07, 6.45) is 4.62. The Morgan fingerprint density at radius 3 is 2.48 bits per heavy atom. The lowest BCUT2D eigenvalue weighted by Crippen LogP contribution is -2.51. The van der Waals surface area contributed by atoms with E-state index in [9.17, 15) is 14.0 Å². The molecular weight excluding hydrogens is 403 g/mol. The molecule has 0 aliphatic carbocycles. The largest absolute Gasteiger partial charge is 0.348 e. The molecule has 1 fully saturated rings. The fraction of sp³-hybridized carbons (Fsp3) is 0.200. The fourth-order valence-corrected chi connectivity index (χ4v) is 3.05. The standard InChI is InChI=1S/C20H19FN8O2/c1-12(13-2-4-14(21)5-3-13)24-20-26-15(25-16-9-22-6-7-23-16)8-17(27-20)29-10-18(30)28-19(31)11-29/h2-9,12H,10-11H2,1H3,(H,28,30,31)(H2,23,24,25,26,27). The number of piperazine rings is 1. The van der Waals surface area contributed by atoms with E-state index >= 15 is 0 Å². The van der Waals surface area contributed by atoms with E-state index in [1.54, 1.807) is 29.3 Å². The Bertz CT molecular complexity index is 1080. The van der Waals surface area contributed by atoms with Crippen molar-refractivity contribution in [3.63, 3.8) is 0 Å². The molecule has 10 nitrogen and oxygen atoms in total. The zero-order valence-electron chi connectivity index (χ0n) is 16.5. The molecule has 1 atom stereocenters. The van der Waals surface area contributed by atoms with Crippen LogP contribution < -0.4 is 20.9 Å². The number of nitrogens with zero attached hydrogens (tertiary/aromatic N) is 5. The fourth-order valence-electron chi connectivity index (χ4n) is 3.05. The molecule has 1 aliphatic heterocycles. The highest BCUT2D eigenvalue weighted by Gasteiger charge is 2.24. The molecule has 1 unspecified atom stereocenters. The van der Waals surface area contributed by atoms with Gasteiger partial charge in [0.25, 0.3) is 0 Å². The monoisotopic (exact) mass is 422 g/mol. The molecule has 2 amide bonds. The average Bonchev–Trinajstić information content (AvgIpc) is 2.74. The second-order valence-electron chi connectivity index (χ2n) is 6.90. The number of rotatable bonds is 6. The number of hydrogen-bond donors (Lipinski definition) is 3.